The van der Waals surface area contributed by atoms with Gasteiger partial charge >= 0.3 is 0 Å². The Hall–Kier alpha value is -4.16. The van der Waals surface area contributed by atoms with Crippen molar-refractivity contribution in [2.45, 2.75) is 32.4 Å². The Morgan fingerprint density at radius 2 is 1.82 bits per heavy atom. The number of sulfonamides is 1. The van der Waals surface area contributed by atoms with Crippen molar-refractivity contribution in [1.29, 1.82) is 0 Å². The van der Waals surface area contributed by atoms with Gasteiger partial charge in [-0.05, 0) is 53.3 Å². The van der Waals surface area contributed by atoms with E-state index in [-0.39, 0.29) is 17.9 Å². The molecule has 4 aromatic rings. The topological polar surface area (TPSA) is 148 Å². The minimum absolute atomic E-state index is 0.0302. The van der Waals surface area contributed by atoms with E-state index in [4.69, 9.17) is 0 Å². The van der Waals surface area contributed by atoms with Gasteiger partial charge in [-0.15, -0.1) is 5.10 Å². The molecular weight excluding hydrogens is 518 g/mol. The van der Waals surface area contributed by atoms with E-state index < -0.39 is 21.8 Å². The van der Waals surface area contributed by atoms with Crippen molar-refractivity contribution in [3.63, 3.8) is 0 Å². The summed E-state index contributed by atoms with van der Waals surface area (Å²) in [5.41, 5.74) is 2.05. The highest BCUT2D eigenvalue weighted by Crippen LogP contribution is 2.27. The average Bonchev–Trinajstić information content (AvgIpc) is 3.40. The maximum absolute atomic E-state index is 13.5. The number of pyridine rings is 1. The summed E-state index contributed by atoms with van der Waals surface area (Å²) in [5.74, 6) is -0.383. The minimum Gasteiger partial charge on any atom is -0.350 e. The predicted molar refractivity (Wildman–Crippen MR) is 147 cm³/mol. The van der Waals surface area contributed by atoms with Crippen LogP contribution in [-0.2, 0) is 23.1 Å². The molecule has 12 heteroatoms. The third kappa shape index (κ3) is 6.47. The first-order valence-electron chi connectivity index (χ1n) is 12.7. The van der Waals surface area contributed by atoms with Crippen LogP contribution in [0.15, 0.2) is 60.9 Å². The van der Waals surface area contributed by atoms with Gasteiger partial charge in [0.25, 0.3) is 11.8 Å². The van der Waals surface area contributed by atoms with E-state index in [0.717, 1.165) is 41.9 Å². The molecule has 5 rings (SSSR count). The fraction of sp³-hybridized carbons (Fsp3) is 0.296. The Morgan fingerprint density at radius 1 is 1.03 bits per heavy atom. The number of carbonyl (C=O) groups is 2. The summed E-state index contributed by atoms with van der Waals surface area (Å²) in [4.78, 5) is 31.0. The average molecular weight is 548 g/mol. The number of benzene rings is 2. The van der Waals surface area contributed by atoms with Crippen LogP contribution in [0.1, 0.15) is 51.4 Å². The predicted octanol–water partition coefficient (Wildman–Crippen LogP) is 2.71. The third-order valence-electron chi connectivity index (χ3n) is 6.77. The molecule has 39 heavy (non-hydrogen) atoms. The van der Waals surface area contributed by atoms with Gasteiger partial charge in [-0.2, -0.15) is 0 Å². The maximum Gasteiger partial charge on any atom is 0.272 e. The number of fused-ring (bicyclic) bond motifs is 1. The van der Waals surface area contributed by atoms with Gasteiger partial charge in [0, 0.05) is 18.3 Å². The van der Waals surface area contributed by atoms with Crippen LogP contribution in [0.3, 0.4) is 0 Å². The zero-order valence-electron chi connectivity index (χ0n) is 21.4. The van der Waals surface area contributed by atoms with Crippen molar-refractivity contribution in [1.82, 2.24) is 30.0 Å². The Bertz CT molecular complexity index is 1620. The van der Waals surface area contributed by atoms with Gasteiger partial charge in [0.1, 0.15) is 0 Å². The molecule has 11 nitrogen and oxygen atoms in total. The molecule has 0 spiro atoms. The maximum atomic E-state index is 13.5. The lowest BCUT2D eigenvalue weighted by atomic mass is 9.85. The SMILES string of the molecule is CS(=O)(=O)NCc1ccc(NC(=O)c2ccc(Cn3ccnn3)c3ccccc23)c(C(=O)NCC2CCC2)n1. The number of hydrogen-bond donors (Lipinski definition) is 3. The molecule has 1 aliphatic carbocycles. The molecule has 202 valence electrons. The number of carbonyl (C=O) groups excluding carboxylic acids is 2. The molecule has 0 unspecified atom stereocenters. The van der Waals surface area contributed by atoms with Crippen LogP contribution < -0.4 is 15.4 Å². The van der Waals surface area contributed by atoms with Crippen LogP contribution in [0, 0.1) is 5.92 Å². The van der Waals surface area contributed by atoms with Gasteiger partial charge in [0.15, 0.2) is 5.69 Å². The minimum atomic E-state index is -3.45. The lowest BCUT2D eigenvalue weighted by molar-refractivity contribution is 0.0934. The zero-order valence-corrected chi connectivity index (χ0v) is 22.2. The Balaban J connectivity index is 1.42. The lowest BCUT2D eigenvalue weighted by Gasteiger charge is -2.25. The fourth-order valence-corrected chi connectivity index (χ4v) is 4.88. The second-order valence-electron chi connectivity index (χ2n) is 9.67. The largest absolute Gasteiger partial charge is 0.350 e. The van der Waals surface area contributed by atoms with E-state index in [1.165, 1.54) is 0 Å². The van der Waals surface area contributed by atoms with Gasteiger partial charge in [-0.1, -0.05) is 42.0 Å². The highest BCUT2D eigenvalue weighted by atomic mass is 32.2. The first-order valence-corrected chi connectivity index (χ1v) is 14.5. The first kappa shape index (κ1) is 26.4. The second-order valence-corrected chi connectivity index (χ2v) is 11.5. The fourth-order valence-electron chi connectivity index (χ4n) is 4.47. The van der Waals surface area contributed by atoms with Crippen molar-refractivity contribution in [2.24, 2.45) is 5.92 Å². The molecule has 2 heterocycles. The van der Waals surface area contributed by atoms with Crippen LogP contribution in [0.5, 0.6) is 0 Å². The second kappa shape index (κ2) is 11.3. The van der Waals surface area contributed by atoms with Gasteiger partial charge in [-0.3, -0.25) is 9.59 Å². The number of nitrogens with zero attached hydrogens (tertiary/aromatic N) is 4. The van der Waals surface area contributed by atoms with Gasteiger partial charge in [-0.25, -0.2) is 22.8 Å². The monoisotopic (exact) mass is 547 g/mol. The van der Waals surface area contributed by atoms with Crippen LogP contribution in [0.25, 0.3) is 10.8 Å². The summed E-state index contributed by atoms with van der Waals surface area (Å²) < 4.78 is 27.2. The summed E-state index contributed by atoms with van der Waals surface area (Å²) in [6.07, 6.45) is 7.72. The number of hydrogen-bond acceptors (Lipinski definition) is 7. The Kier molecular flexibility index (Phi) is 7.66. The molecule has 2 amide bonds. The van der Waals surface area contributed by atoms with Gasteiger partial charge in [0.05, 0.1) is 36.9 Å². The summed E-state index contributed by atoms with van der Waals surface area (Å²) in [7, 11) is -3.45. The molecule has 1 fully saturated rings. The standard InChI is InChI=1S/C27H29N7O4S/c1-39(37,38)30-16-20-10-12-24(25(31-20)27(36)28-15-18-5-4-6-18)32-26(35)23-11-9-19(17-34-14-13-29-33-34)21-7-2-3-8-22(21)23/h2-3,7-14,18,30H,4-6,15-17H2,1H3,(H,28,36)(H,32,35). The van der Waals surface area contributed by atoms with E-state index in [2.05, 4.69) is 30.7 Å². The normalized spacial score (nSPS) is 13.7. The van der Waals surface area contributed by atoms with E-state index >= 15 is 0 Å². The highest BCUT2D eigenvalue weighted by Gasteiger charge is 2.22. The summed E-state index contributed by atoms with van der Waals surface area (Å²) in [5, 5.41) is 15.3. The number of rotatable bonds is 10. The van der Waals surface area contributed by atoms with Crippen LogP contribution in [0.4, 0.5) is 5.69 Å². The molecule has 0 saturated heterocycles. The van der Waals surface area contributed by atoms with Gasteiger partial charge in [0.2, 0.25) is 10.0 Å². The molecule has 0 atom stereocenters. The number of amides is 2. The molecule has 0 bridgehead atoms. The van der Waals surface area contributed by atoms with Crippen LogP contribution in [0.2, 0.25) is 0 Å². The van der Waals surface area contributed by atoms with E-state index in [9.17, 15) is 18.0 Å². The summed E-state index contributed by atoms with van der Waals surface area (Å²) in [6, 6.07) is 14.4. The molecular formula is C27H29N7O4S. The molecule has 1 aliphatic rings. The van der Waals surface area contributed by atoms with Gasteiger partial charge < -0.3 is 10.6 Å². The van der Waals surface area contributed by atoms with Crippen LogP contribution in [-0.4, -0.2) is 53.0 Å². The smallest absolute Gasteiger partial charge is 0.272 e. The summed E-state index contributed by atoms with van der Waals surface area (Å²) >= 11 is 0. The summed E-state index contributed by atoms with van der Waals surface area (Å²) in [6.45, 7) is 0.950. The highest BCUT2D eigenvalue weighted by molar-refractivity contribution is 7.88. The van der Waals surface area contributed by atoms with Crippen LogP contribution >= 0.6 is 0 Å². The number of anilines is 1. The third-order valence-corrected chi connectivity index (χ3v) is 7.44. The Morgan fingerprint density at radius 3 is 2.51 bits per heavy atom. The van der Waals surface area contributed by atoms with Crippen molar-refractivity contribution in [3.05, 3.63) is 83.4 Å². The Labute approximate surface area is 226 Å². The van der Waals surface area contributed by atoms with E-state index in [1.807, 2.05) is 30.3 Å². The van der Waals surface area contributed by atoms with Crippen molar-refractivity contribution in [3.8, 4) is 0 Å². The zero-order chi connectivity index (χ0) is 27.4. The van der Waals surface area contributed by atoms with E-state index in [0.29, 0.717) is 30.3 Å². The quantitative estimate of drug-likeness (QED) is 0.276. The molecule has 2 aromatic heterocycles. The molecule has 0 aliphatic heterocycles. The van der Waals surface area contributed by atoms with Crippen molar-refractivity contribution in [2.75, 3.05) is 18.1 Å². The molecule has 2 aromatic carbocycles. The first-order chi connectivity index (χ1) is 18.8. The number of nitrogens with one attached hydrogen (secondary N) is 3. The number of aromatic nitrogens is 4. The van der Waals surface area contributed by atoms with Crippen molar-refractivity contribution >= 4 is 38.3 Å². The molecule has 3 N–H and O–H groups in total. The lowest BCUT2D eigenvalue weighted by Crippen LogP contribution is -2.33. The molecule has 1 saturated carbocycles. The van der Waals surface area contributed by atoms with E-state index in [1.54, 1.807) is 35.3 Å². The molecule has 0 radical (unpaired) electrons. The van der Waals surface area contributed by atoms with Crippen molar-refractivity contribution < 1.29 is 18.0 Å².